The fraction of sp³-hybridized carbons (Fsp3) is 0.308. The maximum atomic E-state index is 14.5. The topological polar surface area (TPSA) is 24.9 Å². The van der Waals surface area contributed by atoms with Gasteiger partial charge in [0.05, 0.1) is 12.8 Å². The maximum Gasteiger partial charge on any atom is 0.162 e. The number of hydrogen-bond acceptors (Lipinski definition) is 4. The van der Waals surface area contributed by atoms with Gasteiger partial charge in [-0.3, -0.25) is 4.90 Å². The van der Waals surface area contributed by atoms with Crippen molar-refractivity contribution < 1.29 is 22.6 Å². The molecule has 3 aromatic carbocycles. The van der Waals surface area contributed by atoms with Gasteiger partial charge in [0.2, 0.25) is 0 Å². The zero-order valence-corrected chi connectivity index (χ0v) is 18.5. The quantitative estimate of drug-likeness (QED) is 0.450. The fourth-order valence-electron chi connectivity index (χ4n) is 4.13. The summed E-state index contributed by atoms with van der Waals surface area (Å²) in [6.07, 6.45) is -0.113. The van der Waals surface area contributed by atoms with Gasteiger partial charge in [0.1, 0.15) is 23.4 Å². The van der Waals surface area contributed by atoms with Gasteiger partial charge in [0.15, 0.2) is 11.6 Å². The van der Waals surface area contributed by atoms with Crippen molar-refractivity contribution in [2.24, 2.45) is 0 Å². The standard InChI is InChI=1S/C26H27F3N2O2/c1-32-26-9-5-4-8-24(26)31-16-14-30(15-17-31)13-12-25(20-6-2-3-7-21(20)27)33-19-10-11-22(28)23(29)18-19/h2-11,18,25H,12-17H2,1H3. The van der Waals surface area contributed by atoms with E-state index in [4.69, 9.17) is 9.47 Å². The first-order valence-electron chi connectivity index (χ1n) is 11.0. The largest absolute Gasteiger partial charge is 0.495 e. The summed E-state index contributed by atoms with van der Waals surface area (Å²) in [7, 11) is 1.67. The molecule has 7 heteroatoms. The van der Waals surface area contributed by atoms with E-state index in [0.29, 0.717) is 18.5 Å². The second-order valence-electron chi connectivity index (χ2n) is 7.99. The van der Waals surface area contributed by atoms with Crippen molar-refractivity contribution in [2.45, 2.75) is 12.5 Å². The van der Waals surface area contributed by atoms with Gasteiger partial charge in [-0.05, 0) is 30.3 Å². The Balaban J connectivity index is 1.41. The van der Waals surface area contributed by atoms with E-state index in [0.717, 1.165) is 49.7 Å². The van der Waals surface area contributed by atoms with E-state index in [1.807, 2.05) is 18.2 Å². The first kappa shape index (κ1) is 23.0. The van der Waals surface area contributed by atoms with Crippen LogP contribution in [0.5, 0.6) is 11.5 Å². The molecule has 33 heavy (non-hydrogen) atoms. The third-order valence-corrected chi connectivity index (χ3v) is 5.93. The molecule has 0 N–H and O–H groups in total. The highest BCUT2D eigenvalue weighted by atomic mass is 19.2. The van der Waals surface area contributed by atoms with Crippen LogP contribution in [-0.2, 0) is 0 Å². The molecule has 1 aliphatic heterocycles. The Kier molecular flexibility index (Phi) is 7.40. The predicted octanol–water partition coefficient (Wildman–Crippen LogP) is 5.44. The number of halogens is 3. The molecule has 0 bridgehead atoms. The summed E-state index contributed by atoms with van der Waals surface area (Å²) >= 11 is 0. The van der Waals surface area contributed by atoms with E-state index in [2.05, 4.69) is 15.9 Å². The van der Waals surface area contributed by atoms with Crippen LogP contribution >= 0.6 is 0 Å². The Morgan fingerprint density at radius 2 is 1.55 bits per heavy atom. The molecule has 0 amide bonds. The van der Waals surface area contributed by atoms with Crippen molar-refractivity contribution in [1.29, 1.82) is 0 Å². The van der Waals surface area contributed by atoms with Gasteiger partial charge in [-0.25, -0.2) is 13.2 Å². The third kappa shape index (κ3) is 5.60. The molecule has 0 aliphatic carbocycles. The first-order valence-corrected chi connectivity index (χ1v) is 11.0. The Morgan fingerprint density at radius 1 is 0.818 bits per heavy atom. The first-order chi connectivity index (χ1) is 16.0. The van der Waals surface area contributed by atoms with E-state index in [1.165, 1.54) is 12.1 Å². The second kappa shape index (κ2) is 10.6. The summed E-state index contributed by atoms with van der Waals surface area (Å²) in [5.74, 6) is -1.30. The van der Waals surface area contributed by atoms with Crippen LogP contribution in [0.1, 0.15) is 18.1 Å². The van der Waals surface area contributed by atoms with Crippen LogP contribution in [0.15, 0.2) is 66.7 Å². The summed E-state index contributed by atoms with van der Waals surface area (Å²) in [4.78, 5) is 4.59. The molecule has 1 fully saturated rings. The number of nitrogens with zero attached hydrogens (tertiary/aromatic N) is 2. The zero-order chi connectivity index (χ0) is 23.2. The molecule has 3 aromatic rings. The number of piperazine rings is 1. The predicted molar refractivity (Wildman–Crippen MR) is 122 cm³/mol. The minimum absolute atomic E-state index is 0.170. The molecule has 174 valence electrons. The molecule has 1 saturated heterocycles. The van der Waals surface area contributed by atoms with Gasteiger partial charge >= 0.3 is 0 Å². The number of ether oxygens (including phenoxy) is 2. The number of anilines is 1. The molecular formula is C26H27F3N2O2. The van der Waals surface area contributed by atoms with Crippen molar-refractivity contribution in [3.8, 4) is 11.5 Å². The van der Waals surface area contributed by atoms with E-state index < -0.39 is 17.7 Å². The number of para-hydroxylation sites is 2. The third-order valence-electron chi connectivity index (χ3n) is 5.93. The molecule has 0 saturated carbocycles. The SMILES string of the molecule is COc1ccccc1N1CCN(CCC(Oc2ccc(F)c(F)c2)c2ccccc2F)CC1. The lowest BCUT2D eigenvalue weighted by molar-refractivity contribution is 0.156. The maximum absolute atomic E-state index is 14.5. The van der Waals surface area contributed by atoms with E-state index in [9.17, 15) is 13.2 Å². The number of hydrogen-bond donors (Lipinski definition) is 0. The fourth-order valence-corrected chi connectivity index (χ4v) is 4.13. The molecule has 1 unspecified atom stereocenters. The molecule has 0 aromatic heterocycles. The van der Waals surface area contributed by atoms with Gasteiger partial charge < -0.3 is 14.4 Å². The normalized spacial score (nSPS) is 15.3. The van der Waals surface area contributed by atoms with Crippen molar-refractivity contribution in [3.63, 3.8) is 0 Å². The Hall–Kier alpha value is -3.19. The van der Waals surface area contributed by atoms with E-state index in [1.54, 1.807) is 25.3 Å². The Labute approximate surface area is 192 Å². The lowest BCUT2D eigenvalue weighted by atomic mass is 10.0. The van der Waals surface area contributed by atoms with Gasteiger partial charge in [0.25, 0.3) is 0 Å². The highest BCUT2D eigenvalue weighted by Crippen LogP contribution is 2.30. The molecular weight excluding hydrogens is 429 g/mol. The van der Waals surface area contributed by atoms with Gasteiger partial charge in [-0.1, -0.05) is 30.3 Å². The number of methoxy groups -OCH3 is 1. The lowest BCUT2D eigenvalue weighted by Crippen LogP contribution is -2.47. The highest BCUT2D eigenvalue weighted by molar-refractivity contribution is 5.58. The second-order valence-corrected chi connectivity index (χ2v) is 7.99. The molecule has 0 radical (unpaired) electrons. The van der Waals surface area contributed by atoms with Crippen LogP contribution in [-0.4, -0.2) is 44.7 Å². The van der Waals surface area contributed by atoms with Crippen molar-refractivity contribution in [1.82, 2.24) is 4.90 Å². The van der Waals surface area contributed by atoms with E-state index in [-0.39, 0.29) is 11.6 Å². The number of rotatable bonds is 8. The molecule has 4 rings (SSSR count). The summed E-state index contributed by atoms with van der Waals surface area (Å²) in [6.45, 7) is 4.05. The van der Waals surface area contributed by atoms with Crippen LogP contribution < -0.4 is 14.4 Å². The van der Waals surface area contributed by atoms with Crippen molar-refractivity contribution >= 4 is 5.69 Å². The molecule has 1 heterocycles. The van der Waals surface area contributed by atoms with Crippen molar-refractivity contribution in [2.75, 3.05) is 44.7 Å². The van der Waals surface area contributed by atoms with Crippen LogP contribution in [0.2, 0.25) is 0 Å². The molecule has 1 atom stereocenters. The Bertz CT molecular complexity index is 1070. The summed E-state index contributed by atoms with van der Waals surface area (Å²) in [5, 5.41) is 0. The molecule has 0 spiro atoms. The molecule has 4 nitrogen and oxygen atoms in total. The van der Waals surface area contributed by atoms with Crippen LogP contribution in [0, 0.1) is 17.5 Å². The summed E-state index contributed by atoms with van der Waals surface area (Å²) in [6, 6.07) is 17.7. The average molecular weight is 457 g/mol. The van der Waals surface area contributed by atoms with Gasteiger partial charge in [-0.15, -0.1) is 0 Å². The number of benzene rings is 3. The lowest BCUT2D eigenvalue weighted by Gasteiger charge is -2.37. The summed E-state index contributed by atoms with van der Waals surface area (Å²) in [5.41, 5.74) is 1.47. The monoisotopic (exact) mass is 456 g/mol. The van der Waals surface area contributed by atoms with Crippen LogP contribution in [0.4, 0.5) is 18.9 Å². The highest BCUT2D eigenvalue weighted by Gasteiger charge is 2.23. The molecule has 1 aliphatic rings. The minimum atomic E-state index is -0.993. The van der Waals surface area contributed by atoms with Crippen LogP contribution in [0.3, 0.4) is 0 Å². The van der Waals surface area contributed by atoms with E-state index >= 15 is 0 Å². The van der Waals surface area contributed by atoms with Crippen LogP contribution in [0.25, 0.3) is 0 Å². The smallest absolute Gasteiger partial charge is 0.162 e. The van der Waals surface area contributed by atoms with Crippen molar-refractivity contribution in [3.05, 3.63) is 89.7 Å². The Morgan fingerprint density at radius 3 is 2.27 bits per heavy atom. The average Bonchev–Trinajstić information content (AvgIpc) is 2.85. The minimum Gasteiger partial charge on any atom is -0.495 e. The zero-order valence-electron chi connectivity index (χ0n) is 18.5. The summed E-state index contributed by atoms with van der Waals surface area (Å²) < 4.78 is 52.9. The van der Waals surface area contributed by atoms with Gasteiger partial charge in [0, 0.05) is 50.8 Å². The van der Waals surface area contributed by atoms with Gasteiger partial charge in [-0.2, -0.15) is 0 Å².